The van der Waals surface area contributed by atoms with E-state index in [9.17, 15) is 4.39 Å². The van der Waals surface area contributed by atoms with Crippen molar-refractivity contribution >= 4 is 23.2 Å². The number of hydrogen-bond acceptors (Lipinski definition) is 3. The topological polar surface area (TPSA) is 48.1 Å². The Kier molecular flexibility index (Phi) is 4.01. The lowest BCUT2D eigenvalue weighted by molar-refractivity contribution is 0.419. The van der Waals surface area contributed by atoms with E-state index in [0.29, 0.717) is 21.4 Å². The van der Waals surface area contributed by atoms with Crippen molar-refractivity contribution in [3.8, 4) is 11.6 Å². The van der Waals surface area contributed by atoms with E-state index in [1.807, 2.05) is 0 Å². The normalized spacial score (nSPS) is 10.4. The second kappa shape index (κ2) is 5.52. The number of pyridine rings is 1. The van der Waals surface area contributed by atoms with Gasteiger partial charge in [-0.25, -0.2) is 9.37 Å². The molecule has 0 amide bonds. The average molecular weight is 287 g/mol. The van der Waals surface area contributed by atoms with Crippen LogP contribution in [0.4, 0.5) is 4.39 Å². The van der Waals surface area contributed by atoms with Gasteiger partial charge in [-0.2, -0.15) is 0 Å². The first kappa shape index (κ1) is 13.1. The lowest BCUT2D eigenvalue weighted by Gasteiger charge is -2.08. The third-order valence-corrected chi connectivity index (χ3v) is 3.00. The number of benzene rings is 1. The Morgan fingerprint density at radius 1 is 1.22 bits per heavy atom. The molecule has 2 aromatic rings. The molecule has 0 unspecified atom stereocenters. The van der Waals surface area contributed by atoms with Gasteiger partial charge < -0.3 is 10.5 Å². The van der Waals surface area contributed by atoms with E-state index in [1.165, 1.54) is 18.3 Å². The highest BCUT2D eigenvalue weighted by Gasteiger charge is 2.11. The zero-order chi connectivity index (χ0) is 13.1. The summed E-state index contributed by atoms with van der Waals surface area (Å²) in [7, 11) is 0. The maximum atomic E-state index is 13.8. The minimum absolute atomic E-state index is 0.0755. The summed E-state index contributed by atoms with van der Waals surface area (Å²) in [4.78, 5) is 3.81. The SMILES string of the molecule is NCc1ccnc(Oc2ccc(Cl)c(Cl)c2)c1F. The number of rotatable bonds is 3. The predicted octanol–water partition coefficient (Wildman–Crippen LogP) is 3.78. The molecule has 2 rings (SSSR count). The molecule has 0 saturated carbocycles. The van der Waals surface area contributed by atoms with Crippen molar-refractivity contribution in [2.45, 2.75) is 6.54 Å². The largest absolute Gasteiger partial charge is 0.436 e. The van der Waals surface area contributed by atoms with Gasteiger partial charge in [0.25, 0.3) is 5.88 Å². The van der Waals surface area contributed by atoms with Crippen molar-refractivity contribution in [1.82, 2.24) is 4.98 Å². The number of ether oxygens (including phenoxy) is 1. The molecule has 0 spiro atoms. The lowest BCUT2D eigenvalue weighted by Crippen LogP contribution is -2.02. The van der Waals surface area contributed by atoms with Crippen LogP contribution in [0.25, 0.3) is 0 Å². The van der Waals surface area contributed by atoms with Gasteiger partial charge in [0, 0.05) is 24.4 Å². The van der Waals surface area contributed by atoms with Gasteiger partial charge in [-0.1, -0.05) is 23.2 Å². The molecule has 1 heterocycles. The zero-order valence-electron chi connectivity index (χ0n) is 9.16. The van der Waals surface area contributed by atoms with Crippen LogP contribution in [0.5, 0.6) is 11.6 Å². The van der Waals surface area contributed by atoms with Gasteiger partial charge in [0.1, 0.15) is 5.75 Å². The zero-order valence-corrected chi connectivity index (χ0v) is 10.7. The first-order valence-electron chi connectivity index (χ1n) is 5.08. The number of nitrogens with two attached hydrogens (primary N) is 1. The number of nitrogens with zero attached hydrogens (tertiary/aromatic N) is 1. The highest BCUT2D eigenvalue weighted by molar-refractivity contribution is 6.42. The van der Waals surface area contributed by atoms with Gasteiger partial charge in [-0.3, -0.25) is 0 Å². The summed E-state index contributed by atoms with van der Waals surface area (Å²) in [5.74, 6) is -0.368. The maximum absolute atomic E-state index is 13.8. The highest BCUT2D eigenvalue weighted by Crippen LogP contribution is 2.30. The summed E-state index contributed by atoms with van der Waals surface area (Å²) >= 11 is 11.6. The molecule has 0 bridgehead atoms. The third-order valence-electron chi connectivity index (χ3n) is 2.26. The Bertz CT molecular complexity index is 578. The van der Waals surface area contributed by atoms with Crippen LogP contribution in [0.3, 0.4) is 0 Å². The maximum Gasteiger partial charge on any atom is 0.256 e. The quantitative estimate of drug-likeness (QED) is 0.934. The monoisotopic (exact) mass is 286 g/mol. The first-order valence-corrected chi connectivity index (χ1v) is 5.83. The summed E-state index contributed by atoms with van der Waals surface area (Å²) < 4.78 is 19.1. The fourth-order valence-corrected chi connectivity index (χ4v) is 1.63. The van der Waals surface area contributed by atoms with Crippen molar-refractivity contribution in [2.75, 3.05) is 0 Å². The molecule has 3 nitrogen and oxygen atoms in total. The van der Waals surface area contributed by atoms with E-state index < -0.39 is 5.82 Å². The van der Waals surface area contributed by atoms with Gasteiger partial charge >= 0.3 is 0 Å². The third kappa shape index (κ3) is 2.72. The molecular weight excluding hydrogens is 278 g/mol. The molecule has 0 radical (unpaired) electrons. The summed E-state index contributed by atoms with van der Waals surface area (Å²) in [6, 6.07) is 6.12. The van der Waals surface area contributed by atoms with Gasteiger partial charge in [0.15, 0.2) is 5.82 Å². The first-order chi connectivity index (χ1) is 8.61. The van der Waals surface area contributed by atoms with E-state index in [2.05, 4.69) is 4.98 Å². The molecular formula is C12H9Cl2FN2O. The highest BCUT2D eigenvalue weighted by atomic mass is 35.5. The second-order valence-electron chi connectivity index (χ2n) is 3.47. The minimum atomic E-state index is -0.578. The molecule has 18 heavy (non-hydrogen) atoms. The molecule has 0 aliphatic carbocycles. The van der Waals surface area contributed by atoms with Crippen LogP contribution in [0, 0.1) is 5.82 Å². The van der Waals surface area contributed by atoms with Crippen molar-refractivity contribution in [3.05, 3.63) is 51.9 Å². The summed E-state index contributed by atoms with van der Waals surface area (Å²) in [5.41, 5.74) is 5.73. The Morgan fingerprint density at radius 2 is 2.00 bits per heavy atom. The molecule has 0 atom stereocenters. The molecule has 1 aromatic carbocycles. The molecule has 2 N–H and O–H groups in total. The Hall–Kier alpha value is -1.36. The smallest absolute Gasteiger partial charge is 0.256 e. The number of halogens is 3. The van der Waals surface area contributed by atoms with Crippen LogP contribution in [0.15, 0.2) is 30.5 Å². The lowest BCUT2D eigenvalue weighted by atomic mass is 10.2. The van der Waals surface area contributed by atoms with Gasteiger partial charge in [0.2, 0.25) is 0 Å². The fourth-order valence-electron chi connectivity index (χ4n) is 1.34. The molecule has 0 aliphatic heterocycles. The number of aromatic nitrogens is 1. The Morgan fingerprint density at radius 3 is 2.67 bits per heavy atom. The fraction of sp³-hybridized carbons (Fsp3) is 0.0833. The van der Waals surface area contributed by atoms with E-state index in [0.717, 1.165) is 0 Å². The summed E-state index contributed by atoms with van der Waals surface area (Å²) in [6.45, 7) is 0.0755. The predicted molar refractivity (Wildman–Crippen MR) is 68.6 cm³/mol. The van der Waals surface area contributed by atoms with E-state index in [1.54, 1.807) is 12.1 Å². The van der Waals surface area contributed by atoms with Crippen LogP contribution in [-0.4, -0.2) is 4.98 Å². The van der Waals surface area contributed by atoms with Gasteiger partial charge in [-0.05, 0) is 18.2 Å². The summed E-state index contributed by atoms with van der Waals surface area (Å²) in [5, 5.41) is 0.720. The molecule has 0 aliphatic rings. The van der Waals surface area contributed by atoms with Crippen LogP contribution >= 0.6 is 23.2 Å². The van der Waals surface area contributed by atoms with Crippen molar-refractivity contribution in [3.63, 3.8) is 0 Å². The Balaban J connectivity index is 2.31. The molecule has 94 valence electrons. The van der Waals surface area contributed by atoms with Crippen LogP contribution in [0.2, 0.25) is 10.0 Å². The van der Waals surface area contributed by atoms with E-state index in [4.69, 9.17) is 33.7 Å². The van der Waals surface area contributed by atoms with Crippen LogP contribution in [0.1, 0.15) is 5.56 Å². The van der Waals surface area contributed by atoms with E-state index in [-0.39, 0.29) is 12.4 Å². The van der Waals surface area contributed by atoms with Crippen LogP contribution in [-0.2, 0) is 6.54 Å². The second-order valence-corrected chi connectivity index (χ2v) is 4.29. The van der Waals surface area contributed by atoms with Crippen molar-refractivity contribution in [1.29, 1.82) is 0 Å². The van der Waals surface area contributed by atoms with Crippen molar-refractivity contribution in [2.24, 2.45) is 5.73 Å². The average Bonchev–Trinajstić information content (AvgIpc) is 2.36. The van der Waals surface area contributed by atoms with Crippen LogP contribution < -0.4 is 10.5 Å². The van der Waals surface area contributed by atoms with Gasteiger partial charge in [-0.15, -0.1) is 0 Å². The molecule has 0 fully saturated rings. The number of hydrogen-bond donors (Lipinski definition) is 1. The summed E-state index contributed by atoms with van der Waals surface area (Å²) in [6.07, 6.45) is 1.43. The van der Waals surface area contributed by atoms with Gasteiger partial charge in [0.05, 0.1) is 10.0 Å². The molecule has 6 heteroatoms. The molecule has 0 saturated heterocycles. The standard InChI is InChI=1S/C12H9Cl2FN2O/c13-9-2-1-8(5-10(9)14)18-12-11(15)7(6-16)3-4-17-12/h1-5H,6,16H2. The van der Waals surface area contributed by atoms with E-state index >= 15 is 0 Å². The minimum Gasteiger partial charge on any atom is -0.436 e. The van der Waals surface area contributed by atoms with Crippen molar-refractivity contribution < 1.29 is 9.13 Å². The molecule has 1 aromatic heterocycles. The Labute approximate surface area is 113 Å².